The third-order valence-electron chi connectivity index (χ3n) is 1.53. The minimum absolute atomic E-state index is 0.161. The zero-order valence-corrected chi connectivity index (χ0v) is 6.62. The summed E-state index contributed by atoms with van der Waals surface area (Å²) in [7, 11) is 0. The van der Waals surface area contributed by atoms with Crippen LogP contribution in [-0.4, -0.2) is 24.4 Å². The second-order valence-corrected chi connectivity index (χ2v) is 2.81. The average molecular weight is 160 g/mol. The Bertz CT molecular complexity index is 123. The van der Waals surface area contributed by atoms with Gasteiger partial charge in [0.2, 0.25) is 0 Å². The lowest BCUT2D eigenvalue weighted by atomic mass is 10.1. The summed E-state index contributed by atoms with van der Waals surface area (Å²) in [4.78, 5) is 0. The molecule has 1 heterocycles. The van der Waals surface area contributed by atoms with E-state index in [-0.39, 0.29) is 11.3 Å². The van der Waals surface area contributed by atoms with E-state index in [1.54, 1.807) is 0 Å². The Balaban J connectivity index is 2.19. The van der Waals surface area contributed by atoms with Crippen LogP contribution in [0.15, 0.2) is 0 Å². The molecule has 3 nitrogen and oxygen atoms in total. The molecule has 0 aromatic heterocycles. The molecule has 1 rings (SSSR count). The molecule has 1 aliphatic heterocycles. The third kappa shape index (κ3) is 2.49. The van der Waals surface area contributed by atoms with E-state index in [1.165, 1.54) is 0 Å². The Morgan fingerprint density at radius 2 is 2.50 bits per heavy atom. The smallest absolute Gasteiger partial charge is 0.254 e. The van der Waals surface area contributed by atoms with Crippen LogP contribution in [-0.2, 0) is 4.74 Å². The number of piperidine rings is 1. The van der Waals surface area contributed by atoms with Gasteiger partial charge in [0.25, 0.3) is 5.17 Å². The number of hydrogen-bond acceptors (Lipinski definition) is 3. The number of thiocarbonyl (C=S) groups is 1. The van der Waals surface area contributed by atoms with Crippen LogP contribution >= 0.6 is 12.2 Å². The highest BCUT2D eigenvalue weighted by Gasteiger charge is 2.13. The van der Waals surface area contributed by atoms with Gasteiger partial charge in [-0.1, -0.05) is 0 Å². The molecule has 0 spiro atoms. The molecular weight excluding hydrogens is 148 g/mol. The van der Waals surface area contributed by atoms with Crippen LogP contribution in [0.1, 0.15) is 12.8 Å². The van der Waals surface area contributed by atoms with Crippen molar-refractivity contribution in [1.29, 1.82) is 0 Å². The largest absolute Gasteiger partial charge is 0.467 e. The van der Waals surface area contributed by atoms with E-state index in [2.05, 4.69) is 17.5 Å². The zero-order valence-electron chi connectivity index (χ0n) is 5.80. The quantitative estimate of drug-likeness (QED) is 0.530. The molecule has 0 saturated carbocycles. The van der Waals surface area contributed by atoms with Gasteiger partial charge >= 0.3 is 0 Å². The van der Waals surface area contributed by atoms with Gasteiger partial charge in [0.15, 0.2) is 0 Å². The molecule has 0 amide bonds. The van der Waals surface area contributed by atoms with Crippen LogP contribution < -0.4 is 11.1 Å². The van der Waals surface area contributed by atoms with Gasteiger partial charge in [-0.3, -0.25) is 0 Å². The summed E-state index contributed by atoms with van der Waals surface area (Å²) in [5, 5.41) is 3.36. The summed E-state index contributed by atoms with van der Waals surface area (Å²) in [5.41, 5.74) is 5.20. The highest BCUT2D eigenvalue weighted by molar-refractivity contribution is 7.80. The fourth-order valence-corrected chi connectivity index (χ4v) is 1.22. The molecular formula is C6H12N2OS. The lowest BCUT2D eigenvalue weighted by Gasteiger charge is -2.22. The van der Waals surface area contributed by atoms with Crippen LogP contribution in [0.5, 0.6) is 0 Å². The van der Waals surface area contributed by atoms with E-state index >= 15 is 0 Å². The maximum atomic E-state index is 5.20. The molecule has 0 radical (unpaired) electrons. The summed E-state index contributed by atoms with van der Waals surface area (Å²) in [6, 6.07) is 0. The second-order valence-electron chi connectivity index (χ2n) is 2.41. The fourth-order valence-electron chi connectivity index (χ4n) is 1.08. The number of nitrogens with two attached hydrogens (primary N) is 1. The zero-order chi connectivity index (χ0) is 7.40. The normalized spacial score (nSPS) is 25.8. The molecule has 1 saturated heterocycles. The van der Waals surface area contributed by atoms with Crippen molar-refractivity contribution in [2.24, 2.45) is 5.73 Å². The average Bonchev–Trinajstić information content (AvgIpc) is 1.88. The first kappa shape index (κ1) is 7.75. The van der Waals surface area contributed by atoms with Crippen molar-refractivity contribution < 1.29 is 4.74 Å². The molecule has 0 aromatic rings. The van der Waals surface area contributed by atoms with Gasteiger partial charge in [0, 0.05) is 6.54 Å². The number of rotatable bonds is 1. The Hall–Kier alpha value is -0.350. The fraction of sp³-hybridized carbons (Fsp3) is 0.833. The summed E-state index contributed by atoms with van der Waals surface area (Å²) in [6.07, 6.45) is 2.41. The van der Waals surface area contributed by atoms with E-state index < -0.39 is 0 Å². The van der Waals surface area contributed by atoms with E-state index in [4.69, 9.17) is 10.5 Å². The molecule has 3 N–H and O–H groups in total. The lowest BCUT2D eigenvalue weighted by Crippen LogP contribution is -2.37. The minimum Gasteiger partial charge on any atom is -0.467 e. The predicted molar refractivity (Wildman–Crippen MR) is 43.8 cm³/mol. The Morgan fingerprint density at radius 3 is 3.00 bits per heavy atom. The van der Waals surface area contributed by atoms with Crippen molar-refractivity contribution in [2.45, 2.75) is 18.9 Å². The summed E-state index contributed by atoms with van der Waals surface area (Å²) < 4.78 is 5.14. The van der Waals surface area contributed by atoms with Crippen molar-refractivity contribution in [3.8, 4) is 0 Å². The van der Waals surface area contributed by atoms with Crippen molar-refractivity contribution >= 4 is 17.4 Å². The molecule has 4 heteroatoms. The Kier molecular flexibility index (Phi) is 2.89. The van der Waals surface area contributed by atoms with Gasteiger partial charge in [-0.2, -0.15) is 0 Å². The minimum atomic E-state index is 0.161. The van der Waals surface area contributed by atoms with Crippen molar-refractivity contribution in [3.63, 3.8) is 0 Å². The SMILES string of the molecule is NC(=S)OC1CCCNC1. The summed E-state index contributed by atoms with van der Waals surface area (Å²) in [5.74, 6) is 0. The maximum Gasteiger partial charge on any atom is 0.254 e. The molecule has 1 aliphatic rings. The van der Waals surface area contributed by atoms with Crippen LogP contribution in [0, 0.1) is 0 Å². The van der Waals surface area contributed by atoms with Crippen molar-refractivity contribution in [2.75, 3.05) is 13.1 Å². The third-order valence-corrected chi connectivity index (χ3v) is 1.63. The van der Waals surface area contributed by atoms with Gasteiger partial charge in [-0.15, -0.1) is 0 Å². The molecule has 1 unspecified atom stereocenters. The van der Waals surface area contributed by atoms with Crippen LogP contribution in [0.4, 0.5) is 0 Å². The lowest BCUT2D eigenvalue weighted by molar-refractivity contribution is 0.157. The topological polar surface area (TPSA) is 47.3 Å². The summed E-state index contributed by atoms with van der Waals surface area (Å²) in [6.45, 7) is 1.95. The number of ether oxygens (including phenoxy) is 1. The molecule has 1 atom stereocenters. The standard InChI is InChI=1S/C6H12N2OS/c7-6(10)9-5-2-1-3-8-4-5/h5,8H,1-4H2,(H2,7,10). The molecule has 58 valence electrons. The van der Waals surface area contributed by atoms with E-state index in [0.717, 1.165) is 25.9 Å². The van der Waals surface area contributed by atoms with Gasteiger partial charge in [0.05, 0.1) is 0 Å². The van der Waals surface area contributed by atoms with Crippen LogP contribution in [0.2, 0.25) is 0 Å². The first-order valence-corrected chi connectivity index (χ1v) is 3.86. The molecule has 0 aromatic carbocycles. The van der Waals surface area contributed by atoms with Crippen LogP contribution in [0.3, 0.4) is 0 Å². The highest BCUT2D eigenvalue weighted by Crippen LogP contribution is 2.04. The van der Waals surface area contributed by atoms with Gasteiger partial charge in [-0.05, 0) is 31.6 Å². The molecule has 10 heavy (non-hydrogen) atoms. The van der Waals surface area contributed by atoms with Gasteiger partial charge in [0.1, 0.15) is 6.10 Å². The molecule has 0 aliphatic carbocycles. The van der Waals surface area contributed by atoms with Crippen LogP contribution in [0.25, 0.3) is 0 Å². The monoisotopic (exact) mass is 160 g/mol. The Morgan fingerprint density at radius 1 is 1.70 bits per heavy atom. The second kappa shape index (κ2) is 3.73. The first-order chi connectivity index (χ1) is 4.79. The van der Waals surface area contributed by atoms with Crippen molar-refractivity contribution in [1.82, 2.24) is 5.32 Å². The first-order valence-electron chi connectivity index (χ1n) is 3.46. The van der Waals surface area contributed by atoms with Gasteiger partial charge in [-0.25, -0.2) is 0 Å². The molecule has 1 fully saturated rings. The summed E-state index contributed by atoms with van der Waals surface area (Å²) >= 11 is 4.60. The van der Waals surface area contributed by atoms with E-state index in [9.17, 15) is 0 Å². The maximum absolute atomic E-state index is 5.20. The van der Waals surface area contributed by atoms with E-state index in [1.807, 2.05) is 0 Å². The van der Waals surface area contributed by atoms with E-state index in [0.29, 0.717) is 0 Å². The number of nitrogens with one attached hydrogen (secondary N) is 1. The highest BCUT2D eigenvalue weighted by atomic mass is 32.1. The Labute approximate surface area is 65.9 Å². The number of hydrogen-bond donors (Lipinski definition) is 2. The molecule has 0 bridgehead atoms. The predicted octanol–water partition coefficient (Wildman–Crippen LogP) is -0.00140. The van der Waals surface area contributed by atoms with Crippen molar-refractivity contribution in [3.05, 3.63) is 0 Å². The van der Waals surface area contributed by atoms with Gasteiger partial charge < -0.3 is 15.8 Å².